The average molecular weight is 206 g/mol. The molecule has 2 rings (SSSR count). The van der Waals surface area contributed by atoms with Crippen molar-refractivity contribution in [3.8, 4) is 0 Å². The van der Waals surface area contributed by atoms with Crippen LogP contribution in [0.1, 0.15) is 32.5 Å². The molecule has 2 aromatic heterocycles. The highest BCUT2D eigenvalue weighted by atomic mass is 16.4. The van der Waals surface area contributed by atoms with Crippen LogP contribution in [-0.2, 0) is 6.42 Å². The minimum absolute atomic E-state index is 0.0679. The fourth-order valence-corrected chi connectivity index (χ4v) is 1.61. The Morgan fingerprint density at radius 1 is 1.47 bits per heavy atom. The van der Waals surface area contributed by atoms with Crippen molar-refractivity contribution in [1.29, 1.82) is 0 Å². The molecule has 0 radical (unpaired) electrons. The van der Waals surface area contributed by atoms with Crippen LogP contribution in [0.3, 0.4) is 0 Å². The molecule has 0 bridgehead atoms. The van der Waals surface area contributed by atoms with Crippen molar-refractivity contribution in [3.63, 3.8) is 0 Å². The van der Waals surface area contributed by atoms with Gasteiger partial charge in [0.25, 0.3) is 0 Å². The summed E-state index contributed by atoms with van der Waals surface area (Å²) in [7, 11) is 0. The van der Waals surface area contributed by atoms with Crippen molar-refractivity contribution in [2.75, 3.05) is 0 Å². The number of hydrogen-bond acceptors (Lipinski definition) is 3. The molecular weight excluding hydrogens is 192 g/mol. The van der Waals surface area contributed by atoms with Crippen molar-refractivity contribution < 1.29 is 4.42 Å². The molecule has 0 aromatic carbocycles. The Hall–Kier alpha value is -1.58. The molecule has 4 nitrogen and oxygen atoms in total. The summed E-state index contributed by atoms with van der Waals surface area (Å²) >= 11 is 0. The molecule has 15 heavy (non-hydrogen) atoms. The van der Waals surface area contributed by atoms with Gasteiger partial charge in [0, 0.05) is 11.7 Å². The largest absolute Gasteiger partial charge is 0.421 e. The van der Waals surface area contributed by atoms with Gasteiger partial charge in [-0.25, -0.2) is 9.78 Å². The molecule has 0 fully saturated rings. The van der Waals surface area contributed by atoms with Crippen molar-refractivity contribution >= 4 is 11.2 Å². The summed E-state index contributed by atoms with van der Waals surface area (Å²) in [5.74, 6) is -0.333. The first-order valence-electron chi connectivity index (χ1n) is 5.14. The van der Waals surface area contributed by atoms with Crippen molar-refractivity contribution in [3.05, 3.63) is 28.4 Å². The lowest BCUT2D eigenvalue weighted by Crippen LogP contribution is -2.16. The SMILES string of the molecule is CCc1ccc2oc(=O)n(C(C)C)c2n1. The summed E-state index contributed by atoms with van der Waals surface area (Å²) in [4.78, 5) is 15.9. The van der Waals surface area contributed by atoms with Gasteiger partial charge in [-0.15, -0.1) is 0 Å². The van der Waals surface area contributed by atoms with Crippen molar-refractivity contribution in [1.82, 2.24) is 9.55 Å². The Morgan fingerprint density at radius 2 is 2.20 bits per heavy atom. The van der Waals surface area contributed by atoms with Crippen LogP contribution < -0.4 is 5.76 Å². The molecule has 2 aromatic rings. The van der Waals surface area contributed by atoms with Crippen molar-refractivity contribution in [2.45, 2.75) is 33.2 Å². The molecule has 0 aliphatic heterocycles. The zero-order chi connectivity index (χ0) is 11.0. The third-order valence-electron chi connectivity index (χ3n) is 2.40. The summed E-state index contributed by atoms with van der Waals surface area (Å²) in [6.45, 7) is 5.92. The van der Waals surface area contributed by atoms with Crippen LogP contribution in [0.2, 0.25) is 0 Å². The van der Waals surface area contributed by atoms with E-state index in [4.69, 9.17) is 4.42 Å². The molecule has 2 heterocycles. The minimum atomic E-state index is -0.333. The van der Waals surface area contributed by atoms with E-state index in [0.717, 1.165) is 12.1 Å². The van der Waals surface area contributed by atoms with Gasteiger partial charge in [-0.05, 0) is 32.4 Å². The van der Waals surface area contributed by atoms with Crippen LogP contribution in [0, 0.1) is 0 Å². The van der Waals surface area contributed by atoms with Crippen LogP contribution >= 0.6 is 0 Å². The Balaban J connectivity index is 2.78. The Kier molecular flexibility index (Phi) is 2.34. The lowest BCUT2D eigenvalue weighted by atomic mass is 10.3. The lowest BCUT2D eigenvalue weighted by Gasteiger charge is -2.04. The second-order valence-corrected chi connectivity index (χ2v) is 3.81. The van der Waals surface area contributed by atoms with E-state index in [0.29, 0.717) is 11.2 Å². The van der Waals surface area contributed by atoms with E-state index in [1.165, 1.54) is 0 Å². The Morgan fingerprint density at radius 3 is 2.80 bits per heavy atom. The number of pyridine rings is 1. The molecule has 0 aliphatic rings. The number of hydrogen-bond donors (Lipinski definition) is 0. The highest BCUT2D eigenvalue weighted by Crippen LogP contribution is 2.15. The maximum atomic E-state index is 11.5. The first kappa shape index (κ1) is 9.96. The molecule has 0 amide bonds. The quantitative estimate of drug-likeness (QED) is 0.756. The zero-order valence-corrected chi connectivity index (χ0v) is 9.15. The maximum Gasteiger partial charge on any atom is 0.421 e. The van der Waals surface area contributed by atoms with Crippen LogP contribution in [-0.4, -0.2) is 9.55 Å². The molecule has 0 aliphatic carbocycles. The van der Waals surface area contributed by atoms with E-state index >= 15 is 0 Å². The second kappa shape index (κ2) is 3.53. The van der Waals surface area contributed by atoms with Gasteiger partial charge in [0.2, 0.25) is 0 Å². The number of oxazole rings is 1. The van der Waals surface area contributed by atoms with E-state index in [9.17, 15) is 4.79 Å². The van der Waals surface area contributed by atoms with Gasteiger partial charge in [0.05, 0.1) is 0 Å². The van der Waals surface area contributed by atoms with E-state index < -0.39 is 0 Å². The molecule has 0 unspecified atom stereocenters. The van der Waals surface area contributed by atoms with E-state index in [-0.39, 0.29) is 11.8 Å². The van der Waals surface area contributed by atoms with E-state index in [1.54, 1.807) is 10.6 Å². The van der Waals surface area contributed by atoms with Crippen LogP contribution in [0.25, 0.3) is 11.2 Å². The van der Waals surface area contributed by atoms with E-state index in [2.05, 4.69) is 4.98 Å². The summed E-state index contributed by atoms with van der Waals surface area (Å²) < 4.78 is 6.68. The monoisotopic (exact) mass is 206 g/mol. The first-order chi connectivity index (χ1) is 7.13. The highest BCUT2D eigenvalue weighted by Gasteiger charge is 2.13. The number of fused-ring (bicyclic) bond motifs is 1. The highest BCUT2D eigenvalue weighted by molar-refractivity contribution is 5.68. The van der Waals surface area contributed by atoms with Crippen molar-refractivity contribution in [2.24, 2.45) is 0 Å². The minimum Gasteiger partial charge on any atom is -0.406 e. The summed E-state index contributed by atoms with van der Waals surface area (Å²) in [5.41, 5.74) is 2.18. The van der Waals surface area contributed by atoms with Crippen LogP contribution in [0.4, 0.5) is 0 Å². The fraction of sp³-hybridized carbons (Fsp3) is 0.455. The average Bonchev–Trinajstić information content (AvgIpc) is 2.52. The third-order valence-corrected chi connectivity index (χ3v) is 2.40. The first-order valence-corrected chi connectivity index (χ1v) is 5.14. The number of aryl methyl sites for hydroxylation is 1. The number of aromatic nitrogens is 2. The lowest BCUT2D eigenvalue weighted by molar-refractivity contribution is 0.477. The maximum absolute atomic E-state index is 11.5. The topological polar surface area (TPSA) is 48.0 Å². The van der Waals surface area contributed by atoms with E-state index in [1.807, 2.05) is 26.8 Å². The van der Waals surface area contributed by atoms with Crippen LogP contribution in [0.5, 0.6) is 0 Å². The molecule has 0 atom stereocenters. The Bertz CT molecular complexity index is 537. The molecular formula is C11H14N2O2. The predicted octanol–water partition coefficient (Wildman–Crippen LogP) is 2.13. The molecule has 0 spiro atoms. The second-order valence-electron chi connectivity index (χ2n) is 3.81. The number of rotatable bonds is 2. The summed E-state index contributed by atoms with van der Waals surface area (Å²) in [6, 6.07) is 3.76. The molecule has 4 heteroatoms. The summed E-state index contributed by atoms with van der Waals surface area (Å²) in [5, 5.41) is 0. The molecule has 0 saturated heterocycles. The normalized spacial score (nSPS) is 11.5. The van der Waals surface area contributed by atoms with Gasteiger partial charge < -0.3 is 4.42 Å². The van der Waals surface area contributed by atoms with Crippen LogP contribution in [0.15, 0.2) is 21.3 Å². The smallest absolute Gasteiger partial charge is 0.406 e. The van der Waals surface area contributed by atoms with Gasteiger partial charge in [0.15, 0.2) is 11.2 Å². The van der Waals surface area contributed by atoms with Gasteiger partial charge in [-0.1, -0.05) is 6.92 Å². The van der Waals surface area contributed by atoms with Gasteiger partial charge in [-0.2, -0.15) is 0 Å². The van der Waals surface area contributed by atoms with Gasteiger partial charge >= 0.3 is 5.76 Å². The molecule has 0 N–H and O–H groups in total. The van der Waals surface area contributed by atoms with Gasteiger partial charge in [-0.3, -0.25) is 4.57 Å². The molecule has 80 valence electrons. The standard InChI is InChI=1S/C11H14N2O2/c1-4-8-5-6-9-10(12-8)13(7(2)3)11(14)15-9/h5-7H,4H2,1-3H3. The van der Waals surface area contributed by atoms with Gasteiger partial charge in [0.1, 0.15) is 0 Å². The summed E-state index contributed by atoms with van der Waals surface area (Å²) in [6.07, 6.45) is 0.855. The third kappa shape index (κ3) is 1.56. The Labute approximate surface area is 87.5 Å². The zero-order valence-electron chi connectivity index (χ0n) is 9.15. The fourth-order valence-electron chi connectivity index (χ4n) is 1.61. The predicted molar refractivity (Wildman–Crippen MR) is 58.0 cm³/mol. The molecule has 0 saturated carbocycles. The number of nitrogens with zero attached hydrogens (tertiary/aromatic N) is 2.